The molecule has 3 rings (SSSR count). The minimum Gasteiger partial charge on any atom is -0.480 e. The number of benzene rings is 1. The molecule has 6 nitrogen and oxygen atoms in total. The minimum absolute atomic E-state index is 0.350. The highest BCUT2D eigenvalue weighted by Crippen LogP contribution is 2.30. The van der Waals surface area contributed by atoms with Crippen LogP contribution < -0.4 is 5.32 Å². The quantitative estimate of drug-likeness (QED) is 0.907. The van der Waals surface area contributed by atoms with E-state index >= 15 is 0 Å². The zero-order valence-electron chi connectivity index (χ0n) is 13.0. The van der Waals surface area contributed by atoms with Gasteiger partial charge < -0.3 is 10.4 Å². The first-order valence-electron chi connectivity index (χ1n) is 7.68. The predicted octanol–water partition coefficient (Wildman–Crippen LogP) is 2.31. The maximum atomic E-state index is 12.4. The molecule has 6 heteroatoms. The van der Waals surface area contributed by atoms with Gasteiger partial charge >= 0.3 is 5.97 Å². The van der Waals surface area contributed by atoms with Crippen molar-refractivity contribution < 1.29 is 14.7 Å². The summed E-state index contributed by atoms with van der Waals surface area (Å²) < 4.78 is 1.73. The van der Waals surface area contributed by atoms with Crippen LogP contribution in [0.4, 0.5) is 0 Å². The summed E-state index contributed by atoms with van der Waals surface area (Å²) in [6.45, 7) is 1.96. The number of nitrogens with zero attached hydrogens (tertiary/aromatic N) is 2. The molecule has 0 aliphatic heterocycles. The highest BCUT2D eigenvalue weighted by molar-refractivity contribution is 5.98. The van der Waals surface area contributed by atoms with Gasteiger partial charge in [0, 0.05) is 11.8 Å². The van der Waals surface area contributed by atoms with Gasteiger partial charge in [0.2, 0.25) is 0 Å². The number of aliphatic carboxylic acids is 1. The molecule has 0 spiro atoms. The fourth-order valence-electron chi connectivity index (χ4n) is 2.98. The van der Waals surface area contributed by atoms with Gasteiger partial charge in [-0.25, -0.2) is 9.48 Å². The minimum atomic E-state index is -1.12. The van der Waals surface area contributed by atoms with Crippen LogP contribution in [0, 0.1) is 6.92 Å². The molecular formula is C17H19N3O3. The summed E-state index contributed by atoms with van der Waals surface area (Å²) in [6.07, 6.45) is 6.27. The van der Waals surface area contributed by atoms with Crippen LogP contribution in [0.25, 0.3) is 5.69 Å². The average molecular weight is 313 g/mol. The van der Waals surface area contributed by atoms with Gasteiger partial charge in [0.25, 0.3) is 5.91 Å². The Bertz CT molecular complexity index is 728. The third-order valence-electron chi connectivity index (χ3n) is 4.33. The van der Waals surface area contributed by atoms with Gasteiger partial charge in [-0.2, -0.15) is 5.10 Å². The average Bonchev–Trinajstić information content (AvgIpc) is 3.17. The van der Waals surface area contributed by atoms with E-state index in [0.717, 1.165) is 24.1 Å². The monoisotopic (exact) mass is 313 g/mol. The van der Waals surface area contributed by atoms with Gasteiger partial charge in [-0.05, 0) is 49.6 Å². The summed E-state index contributed by atoms with van der Waals surface area (Å²) in [5.41, 5.74) is 1.24. The van der Waals surface area contributed by atoms with Crippen LogP contribution >= 0.6 is 0 Å². The van der Waals surface area contributed by atoms with Crippen molar-refractivity contribution in [1.29, 1.82) is 0 Å². The second-order valence-electron chi connectivity index (χ2n) is 6.06. The van der Waals surface area contributed by atoms with Crippen LogP contribution in [-0.2, 0) is 4.79 Å². The maximum Gasteiger partial charge on any atom is 0.329 e. The number of hydrogen-bond acceptors (Lipinski definition) is 3. The van der Waals surface area contributed by atoms with E-state index in [1.807, 2.05) is 13.1 Å². The lowest BCUT2D eigenvalue weighted by molar-refractivity contribution is -0.144. The Kier molecular flexibility index (Phi) is 3.90. The molecule has 1 fully saturated rings. The molecule has 1 aliphatic carbocycles. The Morgan fingerprint density at radius 2 is 1.87 bits per heavy atom. The Labute approximate surface area is 134 Å². The predicted molar refractivity (Wildman–Crippen MR) is 84.6 cm³/mol. The van der Waals surface area contributed by atoms with Crippen LogP contribution in [0.2, 0.25) is 0 Å². The molecule has 2 aromatic rings. The number of hydrogen-bond donors (Lipinski definition) is 2. The van der Waals surface area contributed by atoms with Gasteiger partial charge in [-0.3, -0.25) is 4.79 Å². The van der Waals surface area contributed by atoms with Crippen LogP contribution in [0.5, 0.6) is 0 Å². The van der Waals surface area contributed by atoms with Crippen LogP contribution in [-0.4, -0.2) is 32.3 Å². The van der Waals surface area contributed by atoms with Gasteiger partial charge in [0.1, 0.15) is 5.54 Å². The smallest absolute Gasteiger partial charge is 0.329 e. The largest absolute Gasteiger partial charge is 0.480 e. The molecule has 0 atom stereocenters. The molecule has 0 radical (unpaired) electrons. The Morgan fingerprint density at radius 1 is 1.22 bits per heavy atom. The topological polar surface area (TPSA) is 84.2 Å². The number of amides is 1. The summed E-state index contributed by atoms with van der Waals surface area (Å²) in [7, 11) is 0. The number of carboxylic acids is 1. The maximum absolute atomic E-state index is 12.4. The molecule has 0 saturated heterocycles. The molecule has 1 amide bonds. The lowest BCUT2D eigenvalue weighted by Gasteiger charge is -2.25. The van der Waals surface area contributed by atoms with Gasteiger partial charge in [0.05, 0.1) is 11.9 Å². The first-order valence-corrected chi connectivity index (χ1v) is 7.68. The molecular weight excluding hydrogens is 294 g/mol. The Balaban J connectivity index is 1.76. The molecule has 1 aromatic heterocycles. The van der Waals surface area contributed by atoms with E-state index in [-0.39, 0.29) is 5.91 Å². The van der Waals surface area contributed by atoms with Gasteiger partial charge in [0.15, 0.2) is 0 Å². The zero-order valence-corrected chi connectivity index (χ0v) is 13.0. The second-order valence-corrected chi connectivity index (χ2v) is 6.06. The Morgan fingerprint density at radius 3 is 2.39 bits per heavy atom. The standard InChI is InChI=1S/C17H19N3O3/c1-12-10-18-20(11-12)14-6-4-13(5-7-14)15(21)19-17(16(22)23)8-2-3-9-17/h4-7,10-11H,2-3,8-9H2,1H3,(H,19,21)(H,22,23). The lowest BCUT2D eigenvalue weighted by Crippen LogP contribution is -2.52. The van der Waals surface area contributed by atoms with Crippen molar-refractivity contribution in [3.05, 3.63) is 47.8 Å². The zero-order chi connectivity index (χ0) is 16.4. The van der Waals surface area contributed by atoms with Crippen LogP contribution in [0.15, 0.2) is 36.7 Å². The van der Waals surface area contributed by atoms with Crippen LogP contribution in [0.1, 0.15) is 41.6 Å². The molecule has 23 heavy (non-hydrogen) atoms. The summed E-state index contributed by atoms with van der Waals surface area (Å²) in [5.74, 6) is -1.30. The van der Waals surface area contributed by atoms with Crippen molar-refractivity contribution in [2.75, 3.05) is 0 Å². The van der Waals surface area contributed by atoms with Crippen molar-refractivity contribution >= 4 is 11.9 Å². The van der Waals surface area contributed by atoms with Crippen molar-refractivity contribution in [3.63, 3.8) is 0 Å². The number of rotatable bonds is 4. The first kappa shape index (κ1) is 15.3. The first-order chi connectivity index (χ1) is 11.0. The second kappa shape index (κ2) is 5.87. The fourth-order valence-corrected chi connectivity index (χ4v) is 2.98. The summed E-state index contributed by atoms with van der Waals surface area (Å²) >= 11 is 0. The van der Waals surface area contributed by atoms with Crippen molar-refractivity contribution in [2.45, 2.75) is 38.1 Å². The molecule has 1 heterocycles. The summed E-state index contributed by atoms with van der Waals surface area (Å²) in [6, 6.07) is 6.96. The van der Waals surface area contributed by atoms with E-state index < -0.39 is 11.5 Å². The van der Waals surface area contributed by atoms with E-state index in [1.165, 1.54) is 0 Å². The third-order valence-corrected chi connectivity index (χ3v) is 4.33. The number of carbonyl (C=O) groups is 2. The molecule has 1 aliphatic rings. The Hall–Kier alpha value is -2.63. The number of aromatic nitrogens is 2. The molecule has 2 N–H and O–H groups in total. The normalized spacial score (nSPS) is 16.2. The molecule has 1 saturated carbocycles. The third kappa shape index (κ3) is 2.97. The van der Waals surface area contributed by atoms with E-state index in [2.05, 4.69) is 10.4 Å². The number of carboxylic acid groups (broad SMARTS) is 1. The van der Waals surface area contributed by atoms with E-state index in [9.17, 15) is 14.7 Å². The highest BCUT2D eigenvalue weighted by Gasteiger charge is 2.42. The highest BCUT2D eigenvalue weighted by atomic mass is 16.4. The van der Waals surface area contributed by atoms with E-state index in [0.29, 0.717) is 18.4 Å². The lowest BCUT2D eigenvalue weighted by atomic mass is 9.97. The van der Waals surface area contributed by atoms with Gasteiger partial charge in [-0.1, -0.05) is 12.8 Å². The SMILES string of the molecule is Cc1cnn(-c2ccc(C(=O)NC3(C(=O)O)CCCC3)cc2)c1. The summed E-state index contributed by atoms with van der Waals surface area (Å²) in [5, 5.41) is 16.4. The van der Waals surface area contributed by atoms with Crippen LogP contribution in [0.3, 0.4) is 0 Å². The number of nitrogens with one attached hydrogen (secondary N) is 1. The molecule has 1 aromatic carbocycles. The van der Waals surface area contributed by atoms with Crippen molar-refractivity contribution in [1.82, 2.24) is 15.1 Å². The molecule has 0 bridgehead atoms. The van der Waals surface area contributed by atoms with Gasteiger partial charge in [-0.15, -0.1) is 0 Å². The van der Waals surface area contributed by atoms with E-state index in [4.69, 9.17) is 0 Å². The number of carbonyl (C=O) groups excluding carboxylic acids is 1. The molecule has 120 valence electrons. The fraction of sp³-hybridized carbons (Fsp3) is 0.353. The number of aryl methyl sites for hydroxylation is 1. The van der Waals surface area contributed by atoms with Crippen molar-refractivity contribution in [3.8, 4) is 5.69 Å². The van der Waals surface area contributed by atoms with E-state index in [1.54, 1.807) is 35.1 Å². The van der Waals surface area contributed by atoms with Crippen molar-refractivity contribution in [2.24, 2.45) is 0 Å². The summed E-state index contributed by atoms with van der Waals surface area (Å²) in [4.78, 5) is 23.9. The molecule has 0 unspecified atom stereocenters.